The molecule has 60 valence electrons. The zero-order valence-electron chi connectivity index (χ0n) is 7.41. The van der Waals surface area contributed by atoms with Crippen molar-refractivity contribution in [2.24, 2.45) is 0 Å². The molecular weight excluding hydrogens is 174 g/mol. The number of nitrogens with zero attached hydrogens (tertiary/aromatic N) is 1. The SMILES string of the molecule is Nc1nc(Cl)ccc1C(=O)O.[H-].[Li+]. The molecule has 12 heavy (non-hydrogen) atoms. The first-order chi connectivity index (χ1) is 5.11. The van der Waals surface area contributed by atoms with Gasteiger partial charge in [-0.15, -0.1) is 0 Å². The average Bonchev–Trinajstić information content (AvgIpc) is 1.85. The smallest absolute Gasteiger partial charge is 1.00 e. The van der Waals surface area contributed by atoms with Crippen molar-refractivity contribution in [2.75, 3.05) is 5.73 Å². The van der Waals surface area contributed by atoms with Crippen LogP contribution in [0.15, 0.2) is 12.1 Å². The molecule has 0 atom stereocenters. The Kier molecular flexibility index (Phi) is 4.11. The van der Waals surface area contributed by atoms with Gasteiger partial charge in [0.25, 0.3) is 0 Å². The minimum atomic E-state index is -1.10. The zero-order valence-corrected chi connectivity index (χ0v) is 7.17. The monoisotopic (exact) mass is 180 g/mol. The number of nitrogen functional groups attached to an aromatic ring is 1. The second-order valence-electron chi connectivity index (χ2n) is 1.87. The molecule has 1 rings (SSSR count). The molecule has 3 N–H and O–H groups in total. The number of pyridine rings is 1. The van der Waals surface area contributed by atoms with Crippen molar-refractivity contribution in [2.45, 2.75) is 0 Å². The molecule has 0 aromatic carbocycles. The molecule has 1 aromatic rings. The van der Waals surface area contributed by atoms with Gasteiger partial charge in [0.05, 0.1) is 0 Å². The van der Waals surface area contributed by atoms with E-state index in [0.29, 0.717) is 0 Å². The molecule has 0 amide bonds. The average molecular weight is 181 g/mol. The van der Waals surface area contributed by atoms with Gasteiger partial charge in [0.2, 0.25) is 0 Å². The van der Waals surface area contributed by atoms with E-state index in [2.05, 4.69) is 4.98 Å². The molecule has 1 heterocycles. The van der Waals surface area contributed by atoms with Crippen LogP contribution in [0.25, 0.3) is 0 Å². The van der Waals surface area contributed by atoms with Crippen molar-refractivity contribution in [1.82, 2.24) is 4.98 Å². The predicted molar refractivity (Wildman–Crippen MR) is 41.7 cm³/mol. The number of carboxylic acids is 1. The Morgan fingerprint density at radius 3 is 2.67 bits per heavy atom. The van der Waals surface area contributed by atoms with Crippen molar-refractivity contribution >= 4 is 23.4 Å². The fraction of sp³-hybridized carbons (Fsp3) is 0. The maximum Gasteiger partial charge on any atom is 1.00 e. The Morgan fingerprint density at radius 1 is 1.67 bits per heavy atom. The molecule has 0 saturated carbocycles. The van der Waals surface area contributed by atoms with E-state index in [-0.39, 0.29) is 36.8 Å². The first-order valence-electron chi connectivity index (χ1n) is 2.76. The van der Waals surface area contributed by atoms with Crippen LogP contribution in [-0.2, 0) is 0 Å². The van der Waals surface area contributed by atoms with Crippen molar-refractivity contribution < 1.29 is 30.2 Å². The summed E-state index contributed by atoms with van der Waals surface area (Å²) in [6.45, 7) is 0. The molecule has 6 heteroatoms. The van der Waals surface area contributed by atoms with Crippen molar-refractivity contribution in [1.29, 1.82) is 0 Å². The number of anilines is 1. The van der Waals surface area contributed by atoms with E-state index < -0.39 is 5.97 Å². The maximum atomic E-state index is 10.4. The summed E-state index contributed by atoms with van der Waals surface area (Å²) >= 11 is 5.44. The van der Waals surface area contributed by atoms with E-state index in [9.17, 15) is 4.79 Å². The summed E-state index contributed by atoms with van der Waals surface area (Å²) in [5, 5.41) is 8.68. The van der Waals surface area contributed by atoms with E-state index >= 15 is 0 Å². The first-order valence-corrected chi connectivity index (χ1v) is 3.14. The molecule has 4 nitrogen and oxygen atoms in total. The van der Waals surface area contributed by atoms with Gasteiger partial charge >= 0.3 is 24.8 Å². The van der Waals surface area contributed by atoms with E-state index in [0.717, 1.165) is 0 Å². The quantitative estimate of drug-likeness (QED) is 0.392. The van der Waals surface area contributed by atoms with Crippen molar-refractivity contribution in [3.05, 3.63) is 22.8 Å². The molecule has 0 bridgehead atoms. The maximum absolute atomic E-state index is 10.4. The van der Waals surface area contributed by atoms with Gasteiger partial charge in [-0.2, -0.15) is 0 Å². The Morgan fingerprint density at radius 2 is 2.25 bits per heavy atom. The third kappa shape index (κ3) is 2.42. The van der Waals surface area contributed by atoms with Gasteiger partial charge in [0, 0.05) is 0 Å². The normalized spacial score (nSPS) is 8.75. The molecule has 0 aliphatic heterocycles. The third-order valence-corrected chi connectivity index (χ3v) is 1.33. The number of hydrogen-bond acceptors (Lipinski definition) is 3. The number of hydrogen-bond donors (Lipinski definition) is 2. The van der Waals surface area contributed by atoms with E-state index in [1.807, 2.05) is 0 Å². The number of carboxylic acid groups (broad SMARTS) is 1. The van der Waals surface area contributed by atoms with Crippen LogP contribution in [0, 0.1) is 0 Å². The Balaban J connectivity index is 0. The minimum Gasteiger partial charge on any atom is -1.00 e. The van der Waals surface area contributed by atoms with Gasteiger partial charge < -0.3 is 12.3 Å². The number of halogens is 1. The van der Waals surface area contributed by atoms with Crippen LogP contribution in [0.1, 0.15) is 11.8 Å². The summed E-state index contributed by atoms with van der Waals surface area (Å²) in [6.07, 6.45) is 0. The van der Waals surface area contributed by atoms with Crippen molar-refractivity contribution in [3.8, 4) is 0 Å². The van der Waals surface area contributed by atoms with Crippen molar-refractivity contribution in [3.63, 3.8) is 0 Å². The topological polar surface area (TPSA) is 76.2 Å². The Hall–Kier alpha value is -0.693. The fourth-order valence-corrected chi connectivity index (χ4v) is 0.785. The number of carbonyl (C=O) groups is 1. The molecule has 0 fully saturated rings. The second kappa shape index (κ2) is 4.36. The van der Waals surface area contributed by atoms with Crippen LogP contribution in [0.2, 0.25) is 5.15 Å². The summed E-state index contributed by atoms with van der Waals surface area (Å²) in [7, 11) is 0. The van der Waals surface area contributed by atoms with Gasteiger partial charge in [-0.05, 0) is 12.1 Å². The van der Waals surface area contributed by atoms with Gasteiger partial charge in [-0.1, -0.05) is 11.6 Å². The number of aromatic carboxylic acids is 1. The van der Waals surface area contributed by atoms with Crippen LogP contribution in [0.4, 0.5) is 5.82 Å². The van der Waals surface area contributed by atoms with Gasteiger partial charge in [0.15, 0.2) is 0 Å². The molecule has 0 unspecified atom stereocenters. The molecule has 0 aliphatic rings. The number of aromatic nitrogens is 1. The predicted octanol–water partition coefficient (Wildman–Crippen LogP) is -1.87. The van der Waals surface area contributed by atoms with Gasteiger partial charge in [0.1, 0.15) is 16.5 Å². The van der Waals surface area contributed by atoms with E-state index in [4.69, 9.17) is 22.4 Å². The van der Waals surface area contributed by atoms with Gasteiger partial charge in [-0.25, -0.2) is 9.78 Å². The first kappa shape index (κ1) is 11.3. The summed E-state index contributed by atoms with van der Waals surface area (Å²) in [4.78, 5) is 13.9. The number of nitrogens with two attached hydrogens (primary N) is 1. The van der Waals surface area contributed by atoms with Crippen LogP contribution < -0.4 is 24.6 Å². The Labute approximate surface area is 87.4 Å². The molecule has 0 saturated heterocycles. The van der Waals surface area contributed by atoms with E-state index in [1.165, 1.54) is 12.1 Å². The third-order valence-electron chi connectivity index (χ3n) is 1.12. The number of rotatable bonds is 1. The summed E-state index contributed by atoms with van der Waals surface area (Å²) in [6, 6.07) is 2.69. The van der Waals surface area contributed by atoms with Crippen LogP contribution in [0.5, 0.6) is 0 Å². The molecule has 1 aromatic heterocycles. The molecule has 0 spiro atoms. The summed E-state index contributed by atoms with van der Waals surface area (Å²) < 4.78 is 0. The van der Waals surface area contributed by atoms with Crippen LogP contribution in [-0.4, -0.2) is 16.1 Å². The molecule has 0 radical (unpaired) electrons. The standard InChI is InChI=1S/C6H5ClN2O2.Li.H/c7-4-2-1-3(6(10)11)5(8)9-4;;/h1-2H,(H2,8,9)(H,10,11);;/q;+1;-1. The van der Waals surface area contributed by atoms with E-state index in [1.54, 1.807) is 0 Å². The Bertz CT molecular complexity index is 311. The minimum absolute atomic E-state index is 0. The van der Waals surface area contributed by atoms with Crippen LogP contribution in [0.3, 0.4) is 0 Å². The molecule has 0 aliphatic carbocycles. The second-order valence-corrected chi connectivity index (χ2v) is 2.26. The summed E-state index contributed by atoms with van der Waals surface area (Å²) in [5.74, 6) is -1.17. The summed E-state index contributed by atoms with van der Waals surface area (Å²) in [5.41, 5.74) is 5.21. The largest absolute Gasteiger partial charge is 1.00 e. The fourth-order valence-electron chi connectivity index (χ4n) is 0.631. The van der Waals surface area contributed by atoms with Crippen LogP contribution >= 0.6 is 11.6 Å². The molecular formula is C6H6ClLiN2O2. The zero-order chi connectivity index (χ0) is 8.43. The van der Waals surface area contributed by atoms with Gasteiger partial charge in [-0.3, -0.25) is 0 Å².